The van der Waals surface area contributed by atoms with Gasteiger partial charge < -0.3 is 14.4 Å². The van der Waals surface area contributed by atoms with E-state index in [1.54, 1.807) is 0 Å². The Morgan fingerprint density at radius 2 is 2.17 bits per heavy atom. The second-order valence-electron chi connectivity index (χ2n) is 2.29. The molecule has 0 saturated carbocycles. The molecule has 0 aromatic heterocycles. The lowest BCUT2D eigenvalue weighted by Crippen LogP contribution is -2.29. The molecule has 0 fully saturated rings. The van der Waals surface area contributed by atoms with Crippen molar-refractivity contribution in [1.29, 1.82) is 0 Å². The highest BCUT2D eigenvalue weighted by atomic mass is 32.1. The molecule has 0 aliphatic carbocycles. The lowest BCUT2D eigenvalue weighted by Gasteiger charge is -2.14. The normalized spacial score (nSPS) is 15.3. The van der Waals surface area contributed by atoms with Gasteiger partial charge in [-0.15, -0.1) is 0 Å². The van der Waals surface area contributed by atoms with Gasteiger partial charge in [0.1, 0.15) is 5.25 Å². The summed E-state index contributed by atoms with van der Waals surface area (Å²) < 4.78 is 4.07. The smallest absolute Gasteiger partial charge is 0.333 e. The Bertz CT molecular complexity index is 142. The zero-order valence-electron chi connectivity index (χ0n) is 6.38. The first kappa shape index (κ1) is 12.1. The van der Waals surface area contributed by atoms with Crippen molar-refractivity contribution < 1.29 is 19.2 Å². The van der Waals surface area contributed by atoms with Crippen LogP contribution in [0.15, 0.2) is 0 Å². The number of rotatable bonds is 5. The van der Waals surface area contributed by atoms with Gasteiger partial charge in [-0.1, -0.05) is 0 Å². The maximum Gasteiger partial charge on any atom is 0.333 e. The van der Waals surface area contributed by atoms with Gasteiger partial charge >= 0.3 is 5.97 Å². The molecule has 6 heteroatoms. The summed E-state index contributed by atoms with van der Waals surface area (Å²) in [6.07, 6.45) is -0.161. The summed E-state index contributed by atoms with van der Waals surface area (Å²) in [4.78, 5) is 10.7. The van der Waals surface area contributed by atoms with Crippen molar-refractivity contribution >= 4 is 31.5 Å². The van der Waals surface area contributed by atoms with Crippen molar-refractivity contribution in [1.82, 2.24) is 0 Å². The van der Waals surface area contributed by atoms with Gasteiger partial charge in [0.15, 0.2) is 0 Å². The molecule has 4 nitrogen and oxygen atoms in total. The molecule has 0 aromatic rings. The lowest BCUT2D eigenvalue weighted by molar-refractivity contribution is -0.134. The standard InChI is InChI=1S/C6H12O4S2/c7-3-1-2-4(8)5(11)6(9)10-12/h4-5,7-8,11-12H,1-3H2. The molecule has 12 heavy (non-hydrogen) atoms. The minimum absolute atomic E-state index is 0.0204. The Balaban J connectivity index is 3.75. The molecule has 0 heterocycles. The van der Waals surface area contributed by atoms with Gasteiger partial charge in [-0.2, -0.15) is 12.6 Å². The summed E-state index contributed by atoms with van der Waals surface area (Å²) in [5.74, 6) is -0.688. The Kier molecular flexibility index (Phi) is 6.64. The van der Waals surface area contributed by atoms with Gasteiger partial charge in [-0.25, -0.2) is 4.79 Å². The summed E-state index contributed by atoms with van der Waals surface area (Å²) in [5, 5.41) is 16.8. The highest BCUT2D eigenvalue weighted by Gasteiger charge is 2.23. The molecule has 0 radical (unpaired) electrons. The fourth-order valence-corrected chi connectivity index (χ4v) is 1.07. The van der Waals surface area contributed by atoms with E-state index in [1.165, 1.54) is 0 Å². The minimum Gasteiger partial charge on any atom is -0.396 e. The molecule has 2 unspecified atom stereocenters. The van der Waals surface area contributed by atoms with E-state index in [2.05, 4.69) is 29.7 Å². The Hall–Kier alpha value is 0.0900. The van der Waals surface area contributed by atoms with Gasteiger partial charge in [0, 0.05) is 19.5 Å². The third kappa shape index (κ3) is 4.20. The topological polar surface area (TPSA) is 66.8 Å². The SMILES string of the molecule is O=C(OS)C(S)C(O)CCCO. The number of hydrogen-bond acceptors (Lipinski definition) is 6. The predicted octanol–water partition coefficient (Wildman–Crippen LogP) is -0.194. The summed E-state index contributed by atoms with van der Waals surface area (Å²) >= 11 is 7.10. The maximum absolute atomic E-state index is 10.7. The van der Waals surface area contributed by atoms with E-state index in [1.807, 2.05) is 0 Å². The summed E-state index contributed by atoms with van der Waals surface area (Å²) in [6, 6.07) is 0. The molecule has 2 N–H and O–H groups in total. The van der Waals surface area contributed by atoms with E-state index in [0.717, 1.165) is 0 Å². The van der Waals surface area contributed by atoms with E-state index in [4.69, 9.17) is 5.11 Å². The minimum atomic E-state index is -0.903. The summed E-state index contributed by atoms with van der Waals surface area (Å²) in [7, 11) is 0. The van der Waals surface area contributed by atoms with E-state index >= 15 is 0 Å². The summed E-state index contributed by atoms with van der Waals surface area (Å²) in [6.45, 7) is -0.0204. The fraction of sp³-hybridized carbons (Fsp3) is 0.833. The van der Waals surface area contributed by atoms with Gasteiger partial charge in [0.05, 0.1) is 6.10 Å². The van der Waals surface area contributed by atoms with E-state index in [0.29, 0.717) is 12.8 Å². The van der Waals surface area contributed by atoms with Gasteiger partial charge in [0.25, 0.3) is 0 Å². The number of thiol groups is 2. The first-order valence-electron chi connectivity index (χ1n) is 3.45. The first-order valence-corrected chi connectivity index (χ1v) is 4.34. The molecule has 0 rings (SSSR count). The van der Waals surface area contributed by atoms with Crippen molar-refractivity contribution in [3.63, 3.8) is 0 Å². The average Bonchev–Trinajstić information content (AvgIpc) is 2.11. The van der Waals surface area contributed by atoms with Crippen LogP contribution in [-0.2, 0) is 8.98 Å². The van der Waals surface area contributed by atoms with Crippen LogP contribution in [0.25, 0.3) is 0 Å². The van der Waals surface area contributed by atoms with Gasteiger partial charge in [0.2, 0.25) is 0 Å². The second-order valence-corrected chi connectivity index (χ2v) is 3.03. The van der Waals surface area contributed by atoms with E-state index < -0.39 is 17.3 Å². The molecule has 0 aromatic carbocycles. The Morgan fingerprint density at radius 1 is 1.58 bits per heavy atom. The van der Waals surface area contributed by atoms with Crippen molar-refractivity contribution in [2.45, 2.75) is 24.2 Å². The van der Waals surface area contributed by atoms with Crippen LogP contribution in [0.3, 0.4) is 0 Å². The Morgan fingerprint density at radius 3 is 2.58 bits per heavy atom. The molecule has 0 aliphatic heterocycles. The number of hydrogen-bond donors (Lipinski definition) is 4. The van der Waals surface area contributed by atoms with Gasteiger partial charge in [-0.05, 0) is 12.8 Å². The molecule has 72 valence electrons. The van der Waals surface area contributed by atoms with Crippen LogP contribution >= 0.6 is 25.5 Å². The van der Waals surface area contributed by atoms with E-state index in [-0.39, 0.29) is 6.61 Å². The molecular formula is C6H12O4S2. The molecular weight excluding hydrogens is 200 g/mol. The zero-order valence-corrected chi connectivity index (χ0v) is 8.17. The molecule has 0 aliphatic rings. The fourth-order valence-electron chi connectivity index (χ4n) is 0.669. The lowest BCUT2D eigenvalue weighted by atomic mass is 10.1. The van der Waals surface area contributed by atoms with Crippen molar-refractivity contribution in [3.05, 3.63) is 0 Å². The quantitative estimate of drug-likeness (QED) is 0.376. The van der Waals surface area contributed by atoms with Crippen LogP contribution in [0.1, 0.15) is 12.8 Å². The zero-order chi connectivity index (χ0) is 9.56. The van der Waals surface area contributed by atoms with Crippen LogP contribution < -0.4 is 0 Å². The van der Waals surface area contributed by atoms with Crippen LogP contribution in [0.4, 0.5) is 0 Å². The van der Waals surface area contributed by atoms with Crippen molar-refractivity contribution in [3.8, 4) is 0 Å². The molecule has 2 atom stereocenters. The highest BCUT2D eigenvalue weighted by Crippen LogP contribution is 2.10. The monoisotopic (exact) mass is 212 g/mol. The van der Waals surface area contributed by atoms with Gasteiger partial charge in [-0.3, -0.25) is 0 Å². The third-order valence-corrected chi connectivity index (χ3v) is 2.09. The largest absolute Gasteiger partial charge is 0.396 e. The number of aliphatic hydroxyl groups excluding tert-OH is 2. The number of carbonyl (C=O) groups excluding carboxylic acids is 1. The van der Waals surface area contributed by atoms with Crippen molar-refractivity contribution in [2.75, 3.05) is 6.61 Å². The van der Waals surface area contributed by atoms with E-state index in [9.17, 15) is 9.90 Å². The Labute approximate surface area is 81.9 Å². The predicted molar refractivity (Wildman–Crippen MR) is 50.2 cm³/mol. The van der Waals surface area contributed by atoms with Crippen LogP contribution in [0, 0.1) is 0 Å². The molecule has 0 saturated heterocycles. The van der Waals surface area contributed by atoms with Crippen LogP contribution in [-0.4, -0.2) is 34.1 Å². The number of carbonyl (C=O) groups is 1. The molecule has 0 spiro atoms. The summed E-state index contributed by atoms with van der Waals surface area (Å²) in [5.41, 5.74) is 0. The van der Waals surface area contributed by atoms with Crippen molar-refractivity contribution in [2.24, 2.45) is 0 Å². The molecule has 0 amide bonds. The van der Waals surface area contributed by atoms with Crippen LogP contribution in [0.5, 0.6) is 0 Å². The molecule has 0 bridgehead atoms. The maximum atomic E-state index is 10.7. The third-order valence-electron chi connectivity index (χ3n) is 1.35. The second kappa shape index (κ2) is 6.59. The average molecular weight is 212 g/mol. The number of aliphatic hydroxyl groups is 2. The highest BCUT2D eigenvalue weighted by molar-refractivity contribution is 7.82. The van der Waals surface area contributed by atoms with Crippen LogP contribution in [0.2, 0.25) is 0 Å². The first-order chi connectivity index (χ1) is 5.63.